The molecule has 15 heavy (non-hydrogen) atoms. The van der Waals surface area contributed by atoms with Gasteiger partial charge in [0.15, 0.2) is 0 Å². The van der Waals surface area contributed by atoms with Gasteiger partial charge in [0.1, 0.15) is 0 Å². The molecule has 1 rings (SSSR count). The molecule has 0 amide bonds. The molecule has 1 aromatic heterocycles. The van der Waals surface area contributed by atoms with Crippen molar-refractivity contribution >= 4 is 27.3 Å². The van der Waals surface area contributed by atoms with Crippen molar-refractivity contribution in [1.82, 2.24) is 5.32 Å². The van der Waals surface area contributed by atoms with Gasteiger partial charge in [0.25, 0.3) is 0 Å². The van der Waals surface area contributed by atoms with Gasteiger partial charge in [-0.1, -0.05) is 20.3 Å². The van der Waals surface area contributed by atoms with Crippen LogP contribution >= 0.6 is 27.3 Å². The Morgan fingerprint density at radius 1 is 1.60 bits per heavy atom. The third kappa shape index (κ3) is 4.23. The van der Waals surface area contributed by atoms with E-state index in [0.717, 1.165) is 17.4 Å². The maximum absolute atomic E-state index is 9.24. The summed E-state index contributed by atoms with van der Waals surface area (Å²) in [4.78, 5) is 1.30. The first-order valence-corrected chi connectivity index (χ1v) is 6.91. The largest absolute Gasteiger partial charge is 0.395 e. The molecular weight excluding hydrogens is 274 g/mol. The third-order valence-electron chi connectivity index (χ3n) is 2.69. The molecule has 2 unspecified atom stereocenters. The summed E-state index contributed by atoms with van der Waals surface area (Å²) in [6.45, 7) is 5.36. The first kappa shape index (κ1) is 13.2. The van der Waals surface area contributed by atoms with Crippen LogP contribution in [0, 0.1) is 5.92 Å². The Balaban J connectivity index is 2.40. The number of hydrogen-bond donors (Lipinski definition) is 2. The van der Waals surface area contributed by atoms with Crippen molar-refractivity contribution in [2.75, 3.05) is 6.61 Å². The van der Waals surface area contributed by atoms with E-state index in [9.17, 15) is 5.11 Å². The highest BCUT2D eigenvalue weighted by Gasteiger charge is 2.13. The highest BCUT2D eigenvalue weighted by atomic mass is 79.9. The zero-order chi connectivity index (χ0) is 11.3. The standard InChI is InChI=1S/C11H18BrNOS/c1-3-8(2)11(6-14)13-5-10-4-9(12)7-15-10/h4,7-8,11,13-14H,3,5-6H2,1-2H3. The maximum Gasteiger partial charge on any atom is 0.0587 e. The van der Waals surface area contributed by atoms with E-state index in [0.29, 0.717) is 5.92 Å². The molecule has 4 heteroatoms. The highest BCUT2D eigenvalue weighted by Crippen LogP contribution is 2.20. The first-order chi connectivity index (χ1) is 7.17. The molecule has 0 aliphatic carbocycles. The first-order valence-electron chi connectivity index (χ1n) is 5.24. The van der Waals surface area contributed by atoms with Gasteiger partial charge in [0.2, 0.25) is 0 Å². The van der Waals surface area contributed by atoms with Gasteiger partial charge in [-0.25, -0.2) is 0 Å². The van der Waals surface area contributed by atoms with Crippen molar-refractivity contribution in [3.63, 3.8) is 0 Å². The number of hydrogen-bond acceptors (Lipinski definition) is 3. The average molecular weight is 292 g/mol. The van der Waals surface area contributed by atoms with E-state index in [1.807, 2.05) is 0 Å². The van der Waals surface area contributed by atoms with Crippen LogP contribution in [-0.2, 0) is 6.54 Å². The molecule has 2 atom stereocenters. The molecule has 86 valence electrons. The normalized spacial score (nSPS) is 15.2. The smallest absolute Gasteiger partial charge is 0.0587 e. The summed E-state index contributed by atoms with van der Waals surface area (Å²) < 4.78 is 1.13. The molecule has 0 spiro atoms. The fourth-order valence-corrected chi connectivity index (χ4v) is 2.81. The molecule has 2 N–H and O–H groups in total. The summed E-state index contributed by atoms with van der Waals surface area (Å²) in [7, 11) is 0. The Morgan fingerprint density at radius 2 is 2.33 bits per heavy atom. The van der Waals surface area contributed by atoms with Crippen molar-refractivity contribution < 1.29 is 5.11 Å². The topological polar surface area (TPSA) is 32.3 Å². The Bertz CT molecular complexity index is 290. The van der Waals surface area contributed by atoms with Crippen molar-refractivity contribution in [2.45, 2.75) is 32.9 Å². The van der Waals surface area contributed by atoms with E-state index in [-0.39, 0.29) is 12.6 Å². The molecule has 0 saturated carbocycles. The number of thiophene rings is 1. The minimum atomic E-state index is 0.205. The van der Waals surface area contributed by atoms with Gasteiger partial charge in [-0.05, 0) is 27.9 Å². The van der Waals surface area contributed by atoms with E-state index in [1.165, 1.54) is 4.88 Å². The molecular formula is C11H18BrNOS. The number of aliphatic hydroxyl groups is 1. The lowest BCUT2D eigenvalue weighted by Crippen LogP contribution is -2.37. The lowest BCUT2D eigenvalue weighted by Gasteiger charge is -2.21. The summed E-state index contributed by atoms with van der Waals surface area (Å²) in [5.41, 5.74) is 0. The lowest BCUT2D eigenvalue weighted by molar-refractivity contribution is 0.201. The van der Waals surface area contributed by atoms with E-state index in [2.05, 4.69) is 46.5 Å². The maximum atomic E-state index is 9.24. The van der Waals surface area contributed by atoms with Crippen LogP contribution in [-0.4, -0.2) is 17.8 Å². The van der Waals surface area contributed by atoms with Gasteiger partial charge in [-0.2, -0.15) is 0 Å². The Kier molecular flexibility index (Phi) is 5.82. The van der Waals surface area contributed by atoms with E-state index in [1.54, 1.807) is 11.3 Å². The molecule has 0 fully saturated rings. The molecule has 0 aliphatic rings. The van der Waals surface area contributed by atoms with Crippen LogP contribution in [0.25, 0.3) is 0 Å². The van der Waals surface area contributed by atoms with Crippen LogP contribution in [0.5, 0.6) is 0 Å². The highest BCUT2D eigenvalue weighted by molar-refractivity contribution is 9.10. The van der Waals surface area contributed by atoms with Crippen molar-refractivity contribution in [2.24, 2.45) is 5.92 Å². The summed E-state index contributed by atoms with van der Waals surface area (Å²) in [5, 5.41) is 14.7. The lowest BCUT2D eigenvalue weighted by atomic mass is 10.00. The molecule has 0 saturated heterocycles. The Hall–Kier alpha value is 0.1000. The molecule has 0 aromatic carbocycles. The molecule has 0 bridgehead atoms. The van der Waals surface area contributed by atoms with Crippen LogP contribution in [0.1, 0.15) is 25.1 Å². The van der Waals surface area contributed by atoms with Crippen molar-refractivity contribution in [3.8, 4) is 0 Å². The van der Waals surface area contributed by atoms with Crippen LogP contribution in [0.3, 0.4) is 0 Å². The zero-order valence-electron chi connectivity index (χ0n) is 9.16. The molecule has 1 heterocycles. The van der Waals surface area contributed by atoms with Crippen LogP contribution in [0.4, 0.5) is 0 Å². The molecule has 0 aliphatic heterocycles. The van der Waals surface area contributed by atoms with Crippen LogP contribution < -0.4 is 5.32 Å². The van der Waals surface area contributed by atoms with Gasteiger partial charge < -0.3 is 10.4 Å². The number of nitrogens with one attached hydrogen (secondary N) is 1. The minimum Gasteiger partial charge on any atom is -0.395 e. The van der Waals surface area contributed by atoms with Crippen molar-refractivity contribution in [3.05, 3.63) is 20.8 Å². The third-order valence-corrected chi connectivity index (χ3v) is 4.39. The second kappa shape index (κ2) is 6.63. The van der Waals surface area contributed by atoms with Crippen molar-refractivity contribution in [1.29, 1.82) is 0 Å². The number of aliphatic hydroxyl groups excluding tert-OH is 1. The predicted molar refractivity (Wildman–Crippen MR) is 69.2 cm³/mol. The number of halogens is 1. The van der Waals surface area contributed by atoms with Gasteiger partial charge in [-0.15, -0.1) is 11.3 Å². The fourth-order valence-electron chi connectivity index (χ4n) is 1.41. The summed E-state index contributed by atoms with van der Waals surface area (Å²) in [5.74, 6) is 0.512. The Morgan fingerprint density at radius 3 is 2.80 bits per heavy atom. The second-order valence-corrected chi connectivity index (χ2v) is 5.70. The van der Waals surface area contributed by atoms with Crippen LogP contribution in [0.2, 0.25) is 0 Å². The SMILES string of the molecule is CCC(C)C(CO)NCc1cc(Br)cs1. The average Bonchev–Trinajstić information content (AvgIpc) is 2.64. The zero-order valence-corrected chi connectivity index (χ0v) is 11.6. The van der Waals surface area contributed by atoms with E-state index in [4.69, 9.17) is 0 Å². The monoisotopic (exact) mass is 291 g/mol. The van der Waals surface area contributed by atoms with Gasteiger partial charge >= 0.3 is 0 Å². The summed E-state index contributed by atoms with van der Waals surface area (Å²) >= 11 is 5.16. The van der Waals surface area contributed by atoms with Gasteiger partial charge in [0.05, 0.1) is 6.61 Å². The van der Waals surface area contributed by atoms with Gasteiger partial charge in [0, 0.05) is 27.3 Å². The second-order valence-electron chi connectivity index (χ2n) is 3.79. The quantitative estimate of drug-likeness (QED) is 0.845. The fraction of sp³-hybridized carbons (Fsp3) is 0.636. The van der Waals surface area contributed by atoms with E-state index >= 15 is 0 Å². The summed E-state index contributed by atoms with van der Waals surface area (Å²) in [6.07, 6.45) is 1.09. The molecule has 1 aromatic rings. The predicted octanol–water partition coefficient (Wildman–Crippen LogP) is 3.01. The van der Waals surface area contributed by atoms with Crippen LogP contribution in [0.15, 0.2) is 15.9 Å². The molecule has 2 nitrogen and oxygen atoms in total. The Labute approximate surface area is 104 Å². The van der Waals surface area contributed by atoms with E-state index < -0.39 is 0 Å². The minimum absolute atomic E-state index is 0.205. The molecule has 0 radical (unpaired) electrons. The summed E-state index contributed by atoms with van der Waals surface area (Å²) in [6, 6.07) is 2.32. The number of rotatable bonds is 6. The van der Waals surface area contributed by atoms with Gasteiger partial charge in [-0.3, -0.25) is 0 Å².